The zero-order valence-corrected chi connectivity index (χ0v) is 17.4. The number of allylic oxidation sites excluding steroid dienone is 1. The van der Waals surface area contributed by atoms with Gasteiger partial charge < -0.3 is 5.43 Å². The quantitative estimate of drug-likeness (QED) is 0.411. The minimum absolute atomic E-state index is 0.150. The van der Waals surface area contributed by atoms with Crippen molar-refractivity contribution in [2.45, 2.75) is 25.4 Å². The van der Waals surface area contributed by atoms with E-state index in [0.29, 0.717) is 5.16 Å². The smallest absolute Gasteiger partial charge is 0.248 e. The molecule has 6 nitrogen and oxygen atoms in total. The molecule has 1 atom stereocenters. The average molecular weight is 408 g/mol. The Labute approximate surface area is 175 Å². The molecule has 0 saturated carbocycles. The van der Waals surface area contributed by atoms with E-state index in [0.717, 1.165) is 29.2 Å². The zero-order chi connectivity index (χ0) is 20.6. The summed E-state index contributed by atoms with van der Waals surface area (Å²) >= 11 is 1.34. The molecular formula is C22H25N5OS. The molecule has 0 aliphatic carbocycles. The third-order valence-electron chi connectivity index (χ3n) is 4.58. The van der Waals surface area contributed by atoms with Crippen molar-refractivity contribution in [2.24, 2.45) is 5.92 Å². The molecule has 150 valence electrons. The van der Waals surface area contributed by atoms with Crippen LogP contribution in [0.15, 0.2) is 78.1 Å². The Kier molecular flexibility index (Phi) is 7.08. The van der Waals surface area contributed by atoms with E-state index in [1.165, 1.54) is 11.8 Å². The number of hydrogen-bond acceptors (Lipinski definition) is 5. The zero-order valence-electron chi connectivity index (χ0n) is 16.6. The standard InChI is InChI=1S/C22H25N5OS/c1-4-16(2)17(3)23-24-20(28)15-29-22-26-25-21(18-11-7-5-8-12-18)27(22)19-13-9-6-10-14-19/h5-14,16,23H,3-4,15H2,1-2H3,(H,24,28)/t16-/m0/s1. The summed E-state index contributed by atoms with van der Waals surface area (Å²) in [6.07, 6.45) is 0.957. The second kappa shape index (κ2) is 9.93. The van der Waals surface area contributed by atoms with Crippen LogP contribution in [0.3, 0.4) is 0 Å². The van der Waals surface area contributed by atoms with Crippen LogP contribution in [0.25, 0.3) is 17.1 Å². The van der Waals surface area contributed by atoms with Crippen LogP contribution in [-0.4, -0.2) is 26.4 Å². The summed E-state index contributed by atoms with van der Waals surface area (Å²) in [7, 11) is 0. The van der Waals surface area contributed by atoms with Gasteiger partial charge in [-0.1, -0.05) is 80.7 Å². The van der Waals surface area contributed by atoms with Crippen LogP contribution in [0.4, 0.5) is 0 Å². The Bertz CT molecular complexity index is 956. The number of para-hydroxylation sites is 1. The van der Waals surface area contributed by atoms with Gasteiger partial charge in [-0.05, 0) is 24.5 Å². The van der Waals surface area contributed by atoms with Crippen molar-refractivity contribution in [1.29, 1.82) is 0 Å². The highest BCUT2D eigenvalue weighted by molar-refractivity contribution is 7.99. The summed E-state index contributed by atoms with van der Waals surface area (Å²) < 4.78 is 1.97. The Balaban J connectivity index is 1.75. The monoisotopic (exact) mass is 407 g/mol. The summed E-state index contributed by atoms with van der Waals surface area (Å²) in [6.45, 7) is 8.09. The molecule has 1 heterocycles. The number of carbonyl (C=O) groups is 1. The molecule has 0 aliphatic heterocycles. The molecule has 3 aromatic rings. The highest BCUT2D eigenvalue weighted by atomic mass is 32.2. The first-order valence-electron chi connectivity index (χ1n) is 9.52. The number of aromatic nitrogens is 3. The Morgan fingerprint density at radius 1 is 1.07 bits per heavy atom. The summed E-state index contributed by atoms with van der Waals surface area (Å²) in [4.78, 5) is 12.3. The predicted molar refractivity (Wildman–Crippen MR) is 117 cm³/mol. The molecule has 0 fully saturated rings. The number of rotatable bonds is 9. The second-order valence-corrected chi connectivity index (χ2v) is 7.58. The third-order valence-corrected chi connectivity index (χ3v) is 5.51. The Hall–Kier alpha value is -3.06. The maximum Gasteiger partial charge on any atom is 0.248 e. The van der Waals surface area contributed by atoms with Crippen molar-refractivity contribution >= 4 is 17.7 Å². The van der Waals surface area contributed by atoms with Crippen LogP contribution in [0, 0.1) is 5.92 Å². The number of carbonyl (C=O) groups excluding carboxylic acids is 1. The largest absolute Gasteiger partial charge is 0.303 e. The molecule has 29 heavy (non-hydrogen) atoms. The fourth-order valence-electron chi connectivity index (χ4n) is 2.63. The first-order chi connectivity index (χ1) is 14.1. The van der Waals surface area contributed by atoms with Crippen molar-refractivity contribution in [3.8, 4) is 17.1 Å². The molecule has 0 spiro atoms. The molecule has 2 aromatic carbocycles. The van der Waals surface area contributed by atoms with Gasteiger partial charge in [0.15, 0.2) is 11.0 Å². The van der Waals surface area contributed by atoms with Crippen LogP contribution in [0.1, 0.15) is 20.3 Å². The molecule has 0 saturated heterocycles. The highest BCUT2D eigenvalue weighted by Gasteiger charge is 2.17. The van der Waals surface area contributed by atoms with E-state index in [1.54, 1.807) is 0 Å². The lowest BCUT2D eigenvalue weighted by atomic mass is 10.1. The molecule has 0 unspecified atom stereocenters. The fourth-order valence-corrected chi connectivity index (χ4v) is 3.39. The summed E-state index contributed by atoms with van der Waals surface area (Å²) in [6, 6.07) is 19.8. The number of amides is 1. The maximum atomic E-state index is 12.3. The van der Waals surface area contributed by atoms with Crippen LogP contribution in [0.5, 0.6) is 0 Å². The van der Waals surface area contributed by atoms with E-state index in [2.05, 4.69) is 41.5 Å². The van der Waals surface area contributed by atoms with Gasteiger partial charge in [-0.2, -0.15) is 0 Å². The molecule has 0 radical (unpaired) electrons. The molecular weight excluding hydrogens is 382 g/mol. The van der Waals surface area contributed by atoms with Crippen molar-refractivity contribution < 1.29 is 4.79 Å². The van der Waals surface area contributed by atoms with E-state index < -0.39 is 0 Å². The molecule has 0 aliphatic rings. The van der Waals surface area contributed by atoms with Crippen LogP contribution >= 0.6 is 11.8 Å². The normalized spacial score (nSPS) is 11.7. The molecule has 2 N–H and O–H groups in total. The minimum Gasteiger partial charge on any atom is -0.303 e. The van der Waals surface area contributed by atoms with E-state index in [4.69, 9.17) is 0 Å². The van der Waals surface area contributed by atoms with Gasteiger partial charge in [-0.3, -0.25) is 14.8 Å². The van der Waals surface area contributed by atoms with Crippen LogP contribution < -0.4 is 10.9 Å². The number of nitrogens with zero attached hydrogens (tertiary/aromatic N) is 3. The molecule has 1 amide bonds. The Morgan fingerprint density at radius 2 is 1.72 bits per heavy atom. The van der Waals surface area contributed by atoms with E-state index in [1.807, 2.05) is 65.2 Å². The van der Waals surface area contributed by atoms with Gasteiger partial charge in [0.25, 0.3) is 0 Å². The van der Waals surface area contributed by atoms with Crippen LogP contribution in [-0.2, 0) is 4.79 Å². The van der Waals surface area contributed by atoms with Crippen molar-refractivity contribution in [2.75, 3.05) is 5.75 Å². The number of hydrazine groups is 1. The molecule has 0 bridgehead atoms. The van der Waals surface area contributed by atoms with Gasteiger partial charge in [0, 0.05) is 16.9 Å². The lowest BCUT2D eigenvalue weighted by molar-refractivity contribution is -0.119. The first kappa shape index (κ1) is 20.7. The average Bonchev–Trinajstić information content (AvgIpc) is 3.20. The SMILES string of the molecule is C=C(NNC(=O)CSc1nnc(-c2ccccc2)n1-c1ccccc1)[C@@H](C)CC. The molecule has 7 heteroatoms. The minimum atomic E-state index is -0.150. The van der Waals surface area contributed by atoms with Gasteiger partial charge in [-0.15, -0.1) is 10.2 Å². The lowest BCUT2D eigenvalue weighted by Gasteiger charge is -2.15. The summed E-state index contributed by atoms with van der Waals surface area (Å²) in [5, 5.41) is 9.37. The highest BCUT2D eigenvalue weighted by Crippen LogP contribution is 2.27. The number of nitrogens with one attached hydrogen (secondary N) is 2. The third kappa shape index (κ3) is 5.26. The van der Waals surface area contributed by atoms with Gasteiger partial charge in [0.05, 0.1) is 5.75 Å². The summed E-state index contributed by atoms with van der Waals surface area (Å²) in [5.74, 6) is 1.09. The van der Waals surface area contributed by atoms with Gasteiger partial charge in [0.2, 0.25) is 5.91 Å². The first-order valence-corrected chi connectivity index (χ1v) is 10.5. The predicted octanol–water partition coefficient (Wildman–Crippen LogP) is 4.21. The number of hydrogen-bond donors (Lipinski definition) is 2. The maximum absolute atomic E-state index is 12.3. The molecule has 3 rings (SSSR count). The topological polar surface area (TPSA) is 71.8 Å². The van der Waals surface area contributed by atoms with Gasteiger partial charge in [0.1, 0.15) is 0 Å². The fraction of sp³-hybridized carbons (Fsp3) is 0.227. The van der Waals surface area contributed by atoms with Gasteiger partial charge >= 0.3 is 0 Å². The van der Waals surface area contributed by atoms with Gasteiger partial charge in [-0.25, -0.2) is 0 Å². The lowest BCUT2D eigenvalue weighted by Crippen LogP contribution is -2.39. The van der Waals surface area contributed by atoms with Crippen molar-refractivity contribution in [1.82, 2.24) is 25.6 Å². The van der Waals surface area contributed by atoms with Crippen LogP contribution in [0.2, 0.25) is 0 Å². The molecule has 1 aromatic heterocycles. The Morgan fingerprint density at radius 3 is 2.38 bits per heavy atom. The second-order valence-electron chi connectivity index (χ2n) is 6.64. The van der Waals surface area contributed by atoms with E-state index in [-0.39, 0.29) is 17.6 Å². The van der Waals surface area contributed by atoms with E-state index in [9.17, 15) is 4.79 Å². The van der Waals surface area contributed by atoms with E-state index >= 15 is 0 Å². The number of thioether (sulfide) groups is 1. The van der Waals surface area contributed by atoms with Crippen molar-refractivity contribution in [3.63, 3.8) is 0 Å². The van der Waals surface area contributed by atoms with Crippen molar-refractivity contribution in [3.05, 3.63) is 72.9 Å². The summed E-state index contributed by atoms with van der Waals surface area (Å²) in [5.41, 5.74) is 8.30. The number of benzene rings is 2.